The molecule has 0 aliphatic carbocycles. The monoisotopic (exact) mass is 445 g/mol. The molecular formula is C20H19N3O5S2. The van der Waals surface area contributed by atoms with E-state index < -0.39 is 17.5 Å². The van der Waals surface area contributed by atoms with Crippen molar-refractivity contribution < 1.29 is 19.2 Å². The number of aryl methyl sites for hydroxylation is 2. The summed E-state index contributed by atoms with van der Waals surface area (Å²) in [5.41, 5.74) is 2.80. The second kappa shape index (κ2) is 8.80. The first-order chi connectivity index (χ1) is 14.2. The maximum absolute atomic E-state index is 12.7. The van der Waals surface area contributed by atoms with Crippen LogP contribution in [-0.2, 0) is 11.8 Å². The molecule has 2 aromatic heterocycles. The van der Waals surface area contributed by atoms with Gasteiger partial charge in [0.15, 0.2) is 10.9 Å². The van der Waals surface area contributed by atoms with Crippen molar-refractivity contribution in [2.24, 2.45) is 7.05 Å². The number of non-ortho nitro benzene ring substituents is 1. The molecule has 0 atom stereocenters. The second-order valence-corrected chi connectivity index (χ2v) is 8.78. The van der Waals surface area contributed by atoms with Crippen LogP contribution in [0.2, 0.25) is 0 Å². The maximum atomic E-state index is 12.7. The van der Waals surface area contributed by atoms with Gasteiger partial charge in [0.2, 0.25) is 5.78 Å². The molecule has 0 aliphatic heterocycles. The Morgan fingerprint density at radius 2 is 1.97 bits per heavy atom. The lowest BCUT2D eigenvalue weighted by atomic mass is 10.1. The second-order valence-electron chi connectivity index (χ2n) is 6.64. The third-order valence-corrected chi connectivity index (χ3v) is 6.73. The minimum absolute atomic E-state index is 0.0239. The van der Waals surface area contributed by atoms with E-state index in [0.717, 1.165) is 23.1 Å². The Balaban J connectivity index is 1.82. The molecule has 3 rings (SSSR count). The predicted octanol–water partition coefficient (Wildman–Crippen LogP) is 4.51. The number of aromatic nitrogens is 2. The fourth-order valence-corrected chi connectivity index (χ4v) is 4.67. The van der Waals surface area contributed by atoms with Gasteiger partial charge in [-0.2, -0.15) is 0 Å². The van der Waals surface area contributed by atoms with Gasteiger partial charge < -0.3 is 9.30 Å². The number of rotatable bonds is 7. The topological polar surface area (TPSA) is 104 Å². The number of nitrogens with zero attached hydrogens (tertiary/aromatic N) is 3. The molecule has 0 aliphatic rings. The molecule has 0 N–H and O–H groups in total. The number of nitro groups is 1. The van der Waals surface area contributed by atoms with E-state index in [-0.39, 0.29) is 17.0 Å². The Morgan fingerprint density at radius 1 is 1.23 bits per heavy atom. The average Bonchev–Trinajstić information content (AvgIpc) is 3.23. The normalized spacial score (nSPS) is 10.8. The van der Waals surface area contributed by atoms with Gasteiger partial charge in [0.1, 0.15) is 0 Å². The fourth-order valence-electron chi connectivity index (χ4n) is 2.78. The standard InChI is InChI=1S/C20H19N3O5S2/c1-11-10-29-20(21-11)30-18-6-5-14(23(26)27)8-16(18)19(25)28-9-17(24)15-7-12(2)22(4)13(15)3/h5-8,10H,9H2,1-4H3. The Hall–Kier alpha value is -2.98. The molecule has 156 valence electrons. The number of ether oxygens (including phenoxy) is 1. The lowest BCUT2D eigenvalue weighted by Gasteiger charge is -2.08. The zero-order valence-electron chi connectivity index (χ0n) is 16.8. The first kappa shape index (κ1) is 21.7. The molecule has 0 unspecified atom stereocenters. The third kappa shape index (κ3) is 4.60. The van der Waals surface area contributed by atoms with Crippen LogP contribution in [0.1, 0.15) is 37.8 Å². The Morgan fingerprint density at radius 3 is 2.53 bits per heavy atom. The van der Waals surface area contributed by atoms with Crippen LogP contribution in [-0.4, -0.2) is 32.8 Å². The summed E-state index contributed by atoms with van der Waals surface area (Å²) < 4.78 is 7.79. The van der Waals surface area contributed by atoms with Gasteiger partial charge in [-0.15, -0.1) is 11.3 Å². The minimum Gasteiger partial charge on any atom is -0.454 e. The highest BCUT2D eigenvalue weighted by molar-refractivity contribution is 8.01. The number of ketones is 1. The van der Waals surface area contributed by atoms with E-state index in [1.54, 1.807) is 6.07 Å². The first-order valence-corrected chi connectivity index (χ1v) is 10.6. The van der Waals surface area contributed by atoms with Gasteiger partial charge in [0.25, 0.3) is 5.69 Å². The van der Waals surface area contributed by atoms with Crippen LogP contribution < -0.4 is 0 Å². The number of Topliss-reactive ketones (excluding diaryl/α,β-unsaturated/α-hetero) is 1. The number of benzene rings is 1. The molecule has 0 saturated heterocycles. The largest absolute Gasteiger partial charge is 0.454 e. The third-order valence-electron chi connectivity index (χ3n) is 4.60. The molecule has 2 heterocycles. The summed E-state index contributed by atoms with van der Waals surface area (Å²) in [5, 5.41) is 13.0. The SMILES string of the molecule is Cc1csc(Sc2ccc([N+](=O)[O-])cc2C(=O)OCC(=O)c2cc(C)n(C)c2C)n1. The van der Waals surface area contributed by atoms with Gasteiger partial charge in [0.05, 0.1) is 10.5 Å². The van der Waals surface area contributed by atoms with E-state index in [0.29, 0.717) is 14.8 Å². The summed E-state index contributed by atoms with van der Waals surface area (Å²) in [7, 11) is 1.85. The molecule has 0 amide bonds. The molecule has 0 bridgehead atoms. The molecule has 0 saturated carbocycles. The van der Waals surface area contributed by atoms with Crippen molar-refractivity contribution in [2.45, 2.75) is 30.0 Å². The number of esters is 1. The summed E-state index contributed by atoms with van der Waals surface area (Å²) in [6.45, 7) is 5.09. The van der Waals surface area contributed by atoms with Crippen LogP contribution >= 0.6 is 23.1 Å². The maximum Gasteiger partial charge on any atom is 0.339 e. The summed E-state index contributed by atoms with van der Waals surface area (Å²) in [6.07, 6.45) is 0. The van der Waals surface area contributed by atoms with E-state index in [1.807, 2.05) is 37.8 Å². The molecule has 30 heavy (non-hydrogen) atoms. The van der Waals surface area contributed by atoms with Crippen LogP contribution in [0.4, 0.5) is 5.69 Å². The quantitative estimate of drug-likeness (QED) is 0.228. The van der Waals surface area contributed by atoms with Gasteiger partial charge in [-0.25, -0.2) is 9.78 Å². The van der Waals surface area contributed by atoms with E-state index in [1.165, 1.54) is 35.2 Å². The lowest BCUT2D eigenvalue weighted by Crippen LogP contribution is -2.15. The Labute approximate surface area is 181 Å². The molecule has 0 spiro atoms. The number of nitro benzene ring substituents is 1. The van der Waals surface area contributed by atoms with Crippen LogP contribution in [0.3, 0.4) is 0 Å². The fraction of sp³-hybridized carbons (Fsp3) is 0.250. The lowest BCUT2D eigenvalue weighted by molar-refractivity contribution is -0.384. The molecule has 0 fully saturated rings. The first-order valence-electron chi connectivity index (χ1n) is 8.89. The highest BCUT2D eigenvalue weighted by atomic mass is 32.2. The average molecular weight is 446 g/mol. The van der Waals surface area contributed by atoms with E-state index in [2.05, 4.69) is 4.98 Å². The van der Waals surface area contributed by atoms with E-state index in [4.69, 9.17) is 4.74 Å². The number of hydrogen-bond acceptors (Lipinski definition) is 8. The van der Waals surface area contributed by atoms with Crippen molar-refractivity contribution in [2.75, 3.05) is 6.61 Å². The molecule has 10 heteroatoms. The van der Waals surface area contributed by atoms with Crippen molar-refractivity contribution in [3.05, 3.63) is 68.0 Å². The van der Waals surface area contributed by atoms with Gasteiger partial charge in [-0.1, -0.05) is 11.8 Å². The highest BCUT2D eigenvalue weighted by Crippen LogP contribution is 2.34. The Kier molecular flexibility index (Phi) is 6.37. The summed E-state index contributed by atoms with van der Waals surface area (Å²) >= 11 is 2.62. The minimum atomic E-state index is -0.798. The molecular weight excluding hydrogens is 426 g/mol. The molecule has 0 radical (unpaired) electrons. The number of carbonyl (C=O) groups is 2. The highest BCUT2D eigenvalue weighted by Gasteiger charge is 2.22. The molecule has 8 nitrogen and oxygen atoms in total. The summed E-state index contributed by atoms with van der Waals surface area (Å²) in [5.74, 6) is -1.13. The zero-order chi connectivity index (χ0) is 22.0. The van der Waals surface area contributed by atoms with Crippen LogP contribution in [0.25, 0.3) is 0 Å². The van der Waals surface area contributed by atoms with E-state index >= 15 is 0 Å². The Bertz CT molecular complexity index is 1150. The summed E-state index contributed by atoms with van der Waals surface area (Å²) in [6, 6.07) is 5.71. The van der Waals surface area contributed by atoms with Crippen molar-refractivity contribution in [3.8, 4) is 0 Å². The van der Waals surface area contributed by atoms with Crippen molar-refractivity contribution in [1.29, 1.82) is 0 Å². The molecule has 1 aromatic carbocycles. The van der Waals surface area contributed by atoms with Gasteiger partial charge in [-0.3, -0.25) is 14.9 Å². The number of thiazole rings is 1. The van der Waals surface area contributed by atoms with Gasteiger partial charge in [0, 0.05) is 52.1 Å². The van der Waals surface area contributed by atoms with Crippen LogP contribution in [0, 0.1) is 30.9 Å². The van der Waals surface area contributed by atoms with E-state index in [9.17, 15) is 19.7 Å². The van der Waals surface area contributed by atoms with Crippen molar-refractivity contribution >= 4 is 40.5 Å². The molecule has 3 aromatic rings. The number of carbonyl (C=O) groups excluding carboxylic acids is 2. The van der Waals surface area contributed by atoms with Gasteiger partial charge in [-0.05, 0) is 32.9 Å². The van der Waals surface area contributed by atoms with Crippen LogP contribution in [0.5, 0.6) is 0 Å². The predicted molar refractivity (Wildman–Crippen MR) is 114 cm³/mol. The van der Waals surface area contributed by atoms with Crippen molar-refractivity contribution in [3.63, 3.8) is 0 Å². The van der Waals surface area contributed by atoms with Crippen LogP contribution in [0.15, 0.2) is 38.9 Å². The number of hydrogen-bond donors (Lipinski definition) is 0. The van der Waals surface area contributed by atoms with Gasteiger partial charge >= 0.3 is 5.97 Å². The zero-order valence-corrected chi connectivity index (χ0v) is 18.4. The smallest absolute Gasteiger partial charge is 0.339 e. The summed E-state index contributed by atoms with van der Waals surface area (Å²) in [4.78, 5) is 40.6. The van der Waals surface area contributed by atoms with Crippen molar-refractivity contribution in [1.82, 2.24) is 9.55 Å².